The van der Waals surface area contributed by atoms with Crippen molar-refractivity contribution in [3.05, 3.63) is 41.6 Å². The first-order chi connectivity index (χ1) is 12.6. The summed E-state index contributed by atoms with van der Waals surface area (Å²) in [6.45, 7) is 3.90. The van der Waals surface area contributed by atoms with Gasteiger partial charge in [0, 0.05) is 24.8 Å². The summed E-state index contributed by atoms with van der Waals surface area (Å²) >= 11 is 0. The van der Waals surface area contributed by atoms with Gasteiger partial charge in [0.05, 0.1) is 37.6 Å². The molecule has 26 heavy (non-hydrogen) atoms. The van der Waals surface area contributed by atoms with Crippen LogP contribution in [0.5, 0.6) is 0 Å². The zero-order valence-electron chi connectivity index (χ0n) is 14.8. The third kappa shape index (κ3) is 3.12. The Morgan fingerprint density at radius 1 is 1.31 bits per heavy atom. The van der Waals surface area contributed by atoms with E-state index in [4.69, 9.17) is 9.25 Å². The summed E-state index contributed by atoms with van der Waals surface area (Å²) in [6.07, 6.45) is 5.39. The van der Waals surface area contributed by atoms with Crippen molar-refractivity contribution in [1.82, 2.24) is 19.7 Å². The molecule has 4 heterocycles. The molecule has 1 atom stereocenters. The standard InChI is InChI=1S/C18H22N4O4/c1-13-5-9-25-17(13)18(24)20-11-14-4-6-19-22(14)15(12-20)10-16(23)21-7-2-3-8-26-21/h4-6,9,15H,2-3,7-8,10-12H2,1H3/t15-/m1/s1. The molecule has 0 radical (unpaired) electrons. The van der Waals surface area contributed by atoms with Crippen LogP contribution >= 0.6 is 0 Å². The first kappa shape index (κ1) is 16.8. The van der Waals surface area contributed by atoms with E-state index in [1.807, 2.05) is 17.7 Å². The lowest BCUT2D eigenvalue weighted by Gasteiger charge is -2.34. The molecular formula is C18H22N4O4. The summed E-state index contributed by atoms with van der Waals surface area (Å²) in [5, 5.41) is 5.80. The summed E-state index contributed by atoms with van der Waals surface area (Å²) in [7, 11) is 0. The number of rotatable bonds is 3. The molecule has 0 saturated carbocycles. The van der Waals surface area contributed by atoms with Gasteiger partial charge in [0.2, 0.25) is 5.91 Å². The third-order valence-electron chi connectivity index (χ3n) is 4.92. The number of aryl methyl sites for hydroxylation is 1. The normalized spacial score (nSPS) is 20.1. The topological polar surface area (TPSA) is 80.8 Å². The van der Waals surface area contributed by atoms with Gasteiger partial charge in [0.25, 0.3) is 5.91 Å². The highest BCUT2D eigenvalue weighted by molar-refractivity contribution is 5.93. The minimum absolute atomic E-state index is 0.0698. The van der Waals surface area contributed by atoms with Gasteiger partial charge in [-0.15, -0.1) is 0 Å². The zero-order valence-corrected chi connectivity index (χ0v) is 14.8. The molecule has 1 saturated heterocycles. The Labute approximate surface area is 151 Å². The number of fused-ring (bicyclic) bond motifs is 1. The molecule has 4 rings (SSSR count). The molecule has 0 unspecified atom stereocenters. The quantitative estimate of drug-likeness (QED) is 0.837. The van der Waals surface area contributed by atoms with Crippen molar-refractivity contribution in [3.63, 3.8) is 0 Å². The first-order valence-electron chi connectivity index (χ1n) is 8.92. The van der Waals surface area contributed by atoms with Gasteiger partial charge in [0.1, 0.15) is 0 Å². The summed E-state index contributed by atoms with van der Waals surface area (Å²) in [4.78, 5) is 32.6. The lowest BCUT2D eigenvalue weighted by atomic mass is 10.1. The van der Waals surface area contributed by atoms with E-state index < -0.39 is 0 Å². The smallest absolute Gasteiger partial charge is 0.290 e. The summed E-state index contributed by atoms with van der Waals surface area (Å²) < 4.78 is 7.20. The molecule has 2 aromatic rings. The van der Waals surface area contributed by atoms with Gasteiger partial charge in [-0.1, -0.05) is 0 Å². The largest absolute Gasteiger partial charge is 0.459 e. The van der Waals surface area contributed by atoms with Gasteiger partial charge in [-0.05, 0) is 31.9 Å². The van der Waals surface area contributed by atoms with Crippen molar-refractivity contribution in [1.29, 1.82) is 0 Å². The maximum atomic E-state index is 12.8. The highest BCUT2D eigenvalue weighted by Crippen LogP contribution is 2.26. The Morgan fingerprint density at radius 2 is 2.19 bits per heavy atom. The van der Waals surface area contributed by atoms with Crippen LogP contribution in [0.4, 0.5) is 0 Å². The lowest BCUT2D eigenvalue weighted by molar-refractivity contribution is -0.198. The maximum absolute atomic E-state index is 12.8. The Hall–Kier alpha value is -2.61. The van der Waals surface area contributed by atoms with Crippen molar-refractivity contribution in [2.75, 3.05) is 19.7 Å². The van der Waals surface area contributed by atoms with Crippen molar-refractivity contribution in [3.8, 4) is 0 Å². The molecule has 0 aromatic carbocycles. The third-order valence-corrected chi connectivity index (χ3v) is 4.92. The van der Waals surface area contributed by atoms with Gasteiger partial charge in [-0.3, -0.25) is 19.1 Å². The van der Waals surface area contributed by atoms with E-state index in [9.17, 15) is 9.59 Å². The van der Waals surface area contributed by atoms with Crippen LogP contribution in [0.15, 0.2) is 29.0 Å². The number of furan rings is 1. The molecule has 8 nitrogen and oxygen atoms in total. The number of amides is 2. The van der Waals surface area contributed by atoms with Crippen LogP contribution in [-0.2, 0) is 16.2 Å². The average Bonchev–Trinajstić information content (AvgIpc) is 3.30. The van der Waals surface area contributed by atoms with E-state index in [2.05, 4.69) is 5.10 Å². The number of carbonyl (C=O) groups is 2. The number of hydrogen-bond donors (Lipinski definition) is 0. The van der Waals surface area contributed by atoms with E-state index in [1.165, 1.54) is 11.3 Å². The van der Waals surface area contributed by atoms with Gasteiger partial charge in [0.15, 0.2) is 5.76 Å². The predicted molar refractivity (Wildman–Crippen MR) is 91.0 cm³/mol. The van der Waals surface area contributed by atoms with Gasteiger partial charge in [-0.2, -0.15) is 5.10 Å². The lowest BCUT2D eigenvalue weighted by Crippen LogP contribution is -2.44. The van der Waals surface area contributed by atoms with E-state index in [0.717, 1.165) is 24.1 Å². The SMILES string of the molecule is Cc1ccoc1C(=O)N1Cc2ccnn2[C@H](CC(=O)N2CCCCO2)C1. The highest BCUT2D eigenvalue weighted by Gasteiger charge is 2.33. The number of hydroxylamine groups is 2. The van der Waals surface area contributed by atoms with E-state index >= 15 is 0 Å². The van der Waals surface area contributed by atoms with Crippen LogP contribution < -0.4 is 0 Å². The van der Waals surface area contributed by atoms with Crippen molar-refractivity contribution in [2.24, 2.45) is 0 Å². The van der Waals surface area contributed by atoms with E-state index in [0.29, 0.717) is 32.0 Å². The van der Waals surface area contributed by atoms with Crippen LogP contribution in [0.1, 0.15) is 47.1 Å². The van der Waals surface area contributed by atoms with Crippen LogP contribution in [0.25, 0.3) is 0 Å². The number of carbonyl (C=O) groups excluding carboxylic acids is 2. The minimum atomic E-state index is -0.217. The van der Waals surface area contributed by atoms with Gasteiger partial charge in [-0.25, -0.2) is 5.06 Å². The van der Waals surface area contributed by atoms with Gasteiger partial charge >= 0.3 is 0 Å². The van der Waals surface area contributed by atoms with E-state index in [-0.39, 0.29) is 24.3 Å². The van der Waals surface area contributed by atoms with Gasteiger partial charge < -0.3 is 9.32 Å². The Kier molecular flexibility index (Phi) is 4.50. The van der Waals surface area contributed by atoms with Crippen LogP contribution in [0, 0.1) is 6.92 Å². The number of aromatic nitrogens is 2. The number of hydrogen-bond acceptors (Lipinski definition) is 5. The second kappa shape index (κ2) is 6.95. The summed E-state index contributed by atoms with van der Waals surface area (Å²) in [5.74, 6) is 0.119. The number of nitrogens with zero attached hydrogens (tertiary/aromatic N) is 4. The molecule has 138 valence electrons. The van der Waals surface area contributed by atoms with Crippen molar-refractivity contribution < 1.29 is 18.8 Å². The molecule has 0 bridgehead atoms. The molecule has 0 spiro atoms. The average molecular weight is 358 g/mol. The summed E-state index contributed by atoms with van der Waals surface area (Å²) in [5.41, 5.74) is 1.72. The molecule has 1 fully saturated rings. The molecule has 2 aromatic heterocycles. The second-order valence-corrected chi connectivity index (χ2v) is 6.78. The fourth-order valence-electron chi connectivity index (χ4n) is 3.53. The second-order valence-electron chi connectivity index (χ2n) is 6.78. The first-order valence-corrected chi connectivity index (χ1v) is 8.92. The van der Waals surface area contributed by atoms with Crippen LogP contribution in [0.2, 0.25) is 0 Å². The maximum Gasteiger partial charge on any atom is 0.290 e. The minimum Gasteiger partial charge on any atom is -0.459 e. The summed E-state index contributed by atoms with van der Waals surface area (Å²) in [6, 6.07) is 3.44. The highest BCUT2D eigenvalue weighted by atomic mass is 16.7. The zero-order chi connectivity index (χ0) is 18.1. The Bertz CT molecular complexity index is 806. The van der Waals surface area contributed by atoms with Crippen molar-refractivity contribution >= 4 is 11.8 Å². The predicted octanol–water partition coefficient (Wildman–Crippen LogP) is 1.93. The Morgan fingerprint density at radius 3 is 2.92 bits per heavy atom. The molecule has 0 aliphatic carbocycles. The van der Waals surface area contributed by atoms with Crippen LogP contribution in [-0.4, -0.2) is 51.3 Å². The molecule has 2 aliphatic rings. The monoisotopic (exact) mass is 358 g/mol. The molecule has 8 heteroatoms. The van der Waals surface area contributed by atoms with Crippen molar-refractivity contribution in [2.45, 2.75) is 38.8 Å². The molecular weight excluding hydrogens is 336 g/mol. The Balaban J connectivity index is 1.52. The molecule has 2 amide bonds. The van der Waals surface area contributed by atoms with Crippen LogP contribution in [0.3, 0.4) is 0 Å². The fraction of sp³-hybridized carbons (Fsp3) is 0.500. The molecule has 0 N–H and O–H groups in total. The fourth-order valence-corrected chi connectivity index (χ4v) is 3.53. The molecule has 2 aliphatic heterocycles. The van der Waals surface area contributed by atoms with E-state index in [1.54, 1.807) is 17.2 Å².